The Kier molecular flexibility index (Phi) is 12.5. The molecule has 0 bridgehead atoms. The van der Waals surface area contributed by atoms with E-state index in [-0.39, 0.29) is 36.6 Å². The van der Waals surface area contributed by atoms with Crippen LogP contribution in [-0.2, 0) is 18.4 Å². The summed E-state index contributed by atoms with van der Waals surface area (Å²) in [5.41, 5.74) is 18.5. The van der Waals surface area contributed by atoms with Gasteiger partial charge in [-0.3, -0.25) is 0 Å². The topological polar surface area (TPSA) is 9.23 Å². The van der Waals surface area contributed by atoms with E-state index < -0.39 is 25.1 Å². The number of hydrogen-bond acceptors (Lipinski definition) is 1. The summed E-state index contributed by atoms with van der Waals surface area (Å²) in [5.74, 6) is 2.32. The van der Waals surface area contributed by atoms with Crippen molar-refractivity contribution in [1.82, 2.24) is 0 Å². The Morgan fingerprint density at radius 1 is 0.625 bits per heavy atom. The fourth-order valence-electron chi connectivity index (χ4n) is 7.59. The van der Waals surface area contributed by atoms with Gasteiger partial charge in [-0.15, -0.1) is 0 Å². The van der Waals surface area contributed by atoms with Gasteiger partial charge in [0.2, 0.25) is 0 Å². The zero-order valence-corrected chi connectivity index (χ0v) is 33.9. The number of aryl methyl sites for hydroxylation is 1. The number of halogens is 2. The summed E-state index contributed by atoms with van der Waals surface area (Å²) in [6.45, 7) is 20.5. The van der Waals surface area contributed by atoms with E-state index >= 15 is 0 Å². The van der Waals surface area contributed by atoms with E-state index in [4.69, 9.17) is 4.74 Å². The second kappa shape index (κ2) is 15.8. The maximum Gasteiger partial charge on any atom is -1.00 e. The number of hydrogen-bond donors (Lipinski definition) is 0. The SMILES string of the molecule is CC1=C(C)C(c2c(C)cc(C(c3ccccc3)c3ccccc3)c(Oc3ccccc3)[c]2[Ti+2][SiH](C)C)c2c(C)c(C)c(C)c(C)c21.[Cl-].[Cl-]. The van der Waals surface area contributed by atoms with Gasteiger partial charge in [0.1, 0.15) is 0 Å². The zero-order valence-electron chi connectivity index (χ0n) is 29.6. The molecule has 1 nitrogen and oxygen atoms in total. The van der Waals surface area contributed by atoms with E-state index in [0.29, 0.717) is 0 Å². The average Bonchev–Trinajstić information content (AvgIpc) is 3.31. The molecule has 0 aromatic heterocycles. The van der Waals surface area contributed by atoms with E-state index in [9.17, 15) is 0 Å². The molecule has 0 fully saturated rings. The summed E-state index contributed by atoms with van der Waals surface area (Å²) in [6.07, 6.45) is 0. The summed E-state index contributed by atoms with van der Waals surface area (Å²) < 4.78 is 8.73. The van der Waals surface area contributed by atoms with Crippen molar-refractivity contribution in [1.29, 1.82) is 0 Å². The van der Waals surface area contributed by atoms with Gasteiger partial charge in [-0.05, 0) is 0 Å². The second-order valence-corrected chi connectivity index (χ2v) is 23.5. The minimum Gasteiger partial charge on any atom is -1.00 e. The van der Waals surface area contributed by atoms with Crippen molar-refractivity contribution >= 4 is 16.1 Å². The van der Waals surface area contributed by atoms with Crippen molar-refractivity contribution in [2.45, 2.75) is 73.4 Å². The Hall–Kier alpha value is -2.85. The van der Waals surface area contributed by atoms with Crippen LogP contribution in [0.4, 0.5) is 0 Å². The zero-order chi connectivity index (χ0) is 32.7. The van der Waals surface area contributed by atoms with E-state index in [2.05, 4.69) is 159 Å². The number of allylic oxidation sites excluding steroid dienone is 2. The molecule has 6 rings (SSSR count). The monoisotopic (exact) mass is 724 g/mol. The molecule has 0 radical (unpaired) electrons. The molecule has 0 heterocycles. The van der Waals surface area contributed by atoms with Crippen LogP contribution in [0.25, 0.3) is 5.57 Å². The maximum atomic E-state index is 7.21. The molecular formula is C43H46Cl2OSiTi. The van der Waals surface area contributed by atoms with Gasteiger partial charge in [-0.25, -0.2) is 0 Å². The van der Waals surface area contributed by atoms with Gasteiger partial charge < -0.3 is 24.8 Å². The van der Waals surface area contributed by atoms with Crippen molar-refractivity contribution in [3.63, 3.8) is 0 Å². The standard InChI is InChI=1S/C41H39O.C2H7Si.2ClH.Ti/c1-25-23-36(41(32-17-11-8-12-18-32)33-19-13-9-14-20-33)37(42-34-21-15-10-16-22-34)24-35(25)39-31(7)30(6)38-28(4)26(2)27(3)29(5)40(38)39;1-3-2;;;/h8-23,39,41H,1-7H3;3H,1-2H3;2*1H;/q;;;;+2/p-2. The predicted molar refractivity (Wildman–Crippen MR) is 196 cm³/mol. The third-order valence-corrected chi connectivity index (χ3v) is 15.9. The molecule has 1 aliphatic carbocycles. The van der Waals surface area contributed by atoms with Crippen LogP contribution in [0, 0.1) is 34.6 Å². The van der Waals surface area contributed by atoms with Crippen LogP contribution >= 0.6 is 0 Å². The Labute approximate surface area is 310 Å². The quantitative estimate of drug-likeness (QED) is 0.165. The van der Waals surface area contributed by atoms with E-state index in [1.54, 1.807) is 0 Å². The molecule has 48 heavy (non-hydrogen) atoms. The predicted octanol–water partition coefficient (Wildman–Crippen LogP) is 4.84. The molecule has 5 heteroatoms. The van der Waals surface area contributed by atoms with E-state index in [0.717, 1.165) is 11.5 Å². The van der Waals surface area contributed by atoms with Gasteiger partial charge in [0.05, 0.1) is 0 Å². The third kappa shape index (κ3) is 6.93. The summed E-state index contributed by atoms with van der Waals surface area (Å²) in [5, 5.41) is 0. The number of rotatable bonds is 8. The van der Waals surface area contributed by atoms with Gasteiger partial charge in [0, 0.05) is 0 Å². The van der Waals surface area contributed by atoms with Crippen LogP contribution in [0.15, 0.2) is 103 Å². The summed E-state index contributed by atoms with van der Waals surface area (Å²) in [7, 11) is 0. The van der Waals surface area contributed by atoms with Crippen molar-refractivity contribution < 1.29 is 48.0 Å². The normalized spacial score (nSPS) is 13.6. The van der Waals surface area contributed by atoms with Crippen LogP contribution in [-0.4, -0.2) is 6.66 Å². The molecule has 0 amide bonds. The Morgan fingerprint density at radius 3 is 1.65 bits per heavy atom. The molecule has 0 saturated heterocycles. The molecule has 0 aliphatic heterocycles. The molecule has 246 valence electrons. The fraction of sp³-hybridized carbons (Fsp3) is 0.256. The minimum absolute atomic E-state index is 0. The van der Waals surface area contributed by atoms with Gasteiger partial charge in [-0.1, -0.05) is 0 Å². The number of benzene rings is 5. The van der Waals surface area contributed by atoms with Gasteiger partial charge >= 0.3 is 288 Å². The van der Waals surface area contributed by atoms with Gasteiger partial charge in [0.15, 0.2) is 0 Å². The molecule has 5 aromatic carbocycles. The molecule has 1 atom stereocenters. The third-order valence-electron chi connectivity index (χ3n) is 10.2. The first-order valence-electron chi connectivity index (χ1n) is 16.6. The molecule has 0 saturated carbocycles. The van der Waals surface area contributed by atoms with Crippen LogP contribution in [0.1, 0.15) is 86.9 Å². The summed E-state index contributed by atoms with van der Waals surface area (Å²) in [6, 6.07) is 35.0. The molecular weight excluding hydrogens is 679 g/mol. The first kappa shape index (κ1) is 38.0. The van der Waals surface area contributed by atoms with Crippen molar-refractivity contribution in [3.05, 3.63) is 164 Å². The number of ether oxygens (including phenoxy) is 1. The maximum absolute atomic E-state index is 7.21. The summed E-state index contributed by atoms with van der Waals surface area (Å²) >= 11 is -0.438. The van der Waals surface area contributed by atoms with Crippen molar-refractivity contribution in [2.24, 2.45) is 0 Å². The largest absolute Gasteiger partial charge is 1.00 e. The van der Waals surface area contributed by atoms with E-state index in [1.807, 2.05) is 0 Å². The molecule has 0 N–H and O–H groups in total. The van der Waals surface area contributed by atoms with Crippen LogP contribution in [0.2, 0.25) is 13.1 Å². The van der Waals surface area contributed by atoms with Crippen LogP contribution in [0.3, 0.4) is 0 Å². The molecule has 0 spiro atoms. The summed E-state index contributed by atoms with van der Waals surface area (Å²) in [4.78, 5) is 0. The van der Waals surface area contributed by atoms with Gasteiger partial charge in [-0.2, -0.15) is 0 Å². The van der Waals surface area contributed by atoms with Crippen LogP contribution in [0.5, 0.6) is 11.5 Å². The second-order valence-electron chi connectivity index (χ2n) is 13.4. The van der Waals surface area contributed by atoms with Gasteiger partial charge in [0.25, 0.3) is 0 Å². The number of fused-ring (bicyclic) bond motifs is 1. The Bertz CT molecular complexity index is 1900. The van der Waals surface area contributed by atoms with E-state index in [1.165, 1.54) is 76.2 Å². The molecule has 1 unspecified atom stereocenters. The first-order chi connectivity index (χ1) is 22.1. The smallest absolute Gasteiger partial charge is 1.00 e. The minimum atomic E-state index is -0.958. The molecule has 1 aliphatic rings. The molecule has 5 aromatic rings. The van der Waals surface area contributed by atoms with Crippen molar-refractivity contribution in [2.75, 3.05) is 0 Å². The number of para-hydroxylation sites is 1. The Morgan fingerprint density at radius 2 is 1.12 bits per heavy atom. The van der Waals surface area contributed by atoms with Crippen LogP contribution < -0.4 is 33.4 Å². The van der Waals surface area contributed by atoms with Crippen molar-refractivity contribution in [3.8, 4) is 11.5 Å². The fourth-order valence-corrected chi connectivity index (χ4v) is 13.3. The Balaban J connectivity index is 0.00000260. The average molecular weight is 726 g/mol. The first-order valence-corrected chi connectivity index (χ1v) is 23.0.